The number of amides is 4. The number of hydrogen-bond donors (Lipinski definition) is 2. The number of carbonyl (C=O) groups is 4. The molecule has 1 saturated heterocycles. The molecule has 7 nitrogen and oxygen atoms in total. The monoisotopic (exact) mass is 325 g/mol. The standard InChI is InChI=1S/C14H19N3O4S/c1-4-5-9(13(20)15-2)16-11(18)6-7-17-12(19)8-10(22-3)14(17)21/h1,9-10H,5-8H2,2-3H3,(H,15,20)(H,16,18)/t9-,10?/m0/s1. The number of rotatable bonds is 7. The predicted molar refractivity (Wildman–Crippen MR) is 82.7 cm³/mol. The van der Waals surface area contributed by atoms with E-state index in [9.17, 15) is 19.2 Å². The normalized spacial score (nSPS) is 18.8. The van der Waals surface area contributed by atoms with Crippen molar-refractivity contribution in [2.24, 2.45) is 0 Å². The summed E-state index contributed by atoms with van der Waals surface area (Å²) in [5.41, 5.74) is 0. The van der Waals surface area contributed by atoms with Crippen LogP contribution in [-0.2, 0) is 19.2 Å². The van der Waals surface area contributed by atoms with Gasteiger partial charge in [-0.15, -0.1) is 12.3 Å². The van der Waals surface area contributed by atoms with Gasteiger partial charge < -0.3 is 10.6 Å². The topological polar surface area (TPSA) is 95.6 Å². The van der Waals surface area contributed by atoms with Crippen LogP contribution >= 0.6 is 11.8 Å². The van der Waals surface area contributed by atoms with Crippen LogP contribution in [0.2, 0.25) is 0 Å². The van der Waals surface area contributed by atoms with Crippen molar-refractivity contribution in [3.63, 3.8) is 0 Å². The second kappa shape index (κ2) is 8.44. The highest BCUT2D eigenvalue weighted by molar-refractivity contribution is 8.00. The zero-order valence-electron chi connectivity index (χ0n) is 12.5. The van der Waals surface area contributed by atoms with Crippen LogP contribution in [0.5, 0.6) is 0 Å². The third kappa shape index (κ3) is 4.49. The molecule has 1 heterocycles. The summed E-state index contributed by atoms with van der Waals surface area (Å²) in [5.74, 6) is 0.955. The fraction of sp³-hybridized carbons (Fsp3) is 0.571. The summed E-state index contributed by atoms with van der Waals surface area (Å²) in [6.07, 6.45) is 7.10. The predicted octanol–water partition coefficient (Wildman–Crippen LogP) is -0.879. The third-order valence-electron chi connectivity index (χ3n) is 3.27. The Morgan fingerprint density at radius 1 is 1.50 bits per heavy atom. The molecular formula is C14H19N3O4S. The van der Waals surface area contributed by atoms with Crippen LogP contribution in [0.4, 0.5) is 0 Å². The smallest absolute Gasteiger partial charge is 0.243 e. The van der Waals surface area contributed by atoms with Gasteiger partial charge in [0.2, 0.25) is 23.6 Å². The van der Waals surface area contributed by atoms with Crippen LogP contribution in [0.3, 0.4) is 0 Å². The average Bonchev–Trinajstić information content (AvgIpc) is 2.78. The van der Waals surface area contributed by atoms with E-state index in [2.05, 4.69) is 16.6 Å². The largest absolute Gasteiger partial charge is 0.357 e. The summed E-state index contributed by atoms with van der Waals surface area (Å²) in [7, 11) is 1.45. The Hall–Kier alpha value is -2.01. The maximum absolute atomic E-state index is 11.9. The number of hydrogen-bond acceptors (Lipinski definition) is 5. The molecule has 4 amide bonds. The minimum atomic E-state index is -0.813. The zero-order valence-corrected chi connectivity index (χ0v) is 13.4. The lowest BCUT2D eigenvalue weighted by atomic mass is 10.2. The van der Waals surface area contributed by atoms with Crippen LogP contribution in [-0.4, -0.2) is 59.7 Å². The number of likely N-dealkylation sites (N-methyl/N-ethyl adjacent to an activating group) is 1. The highest BCUT2D eigenvalue weighted by atomic mass is 32.2. The molecule has 0 aromatic carbocycles. The van der Waals surface area contributed by atoms with E-state index in [1.54, 1.807) is 6.26 Å². The number of terminal acetylenes is 1. The molecule has 0 saturated carbocycles. The van der Waals surface area contributed by atoms with Crippen LogP contribution in [0.15, 0.2) is 0 Å². The Labute approximate surface area is 133 Å². The van der Waals surface area contributed by atoms with Gasteiger partial charge in [-0.25, -0.2) is 0 Å². The summed E-state index contributed by atoms with van der Waals surface area (Å²) in [5, 5.41) is 4.54. The van der Waals surface area contributed by atoms with Crippen LogP contribution in [0, 0.1) is 12.3 Å². The number of likely N-dealkylation sites (tertiary alicyclic amines) is 1. The van der Waals surface area contributed by atoms with Crippen molar-refractivity contribution in [3.05, 3.63) is 0 Å². The lowest BCUT2D eigenvalue weighted by molar-refractivity contribution is -0.139. The van der Waals surface area contributed by atoms with Crippen molar-refractivity contribution < 1.29 is 19.2 Å². The van der Waals surface area contributed by atoms with Crippen LogP contribution < -0.4 is 10.6 Å². The molecule has 2 N–H and O–H groups in total. The van der Waals surface area contributed by atoms with Gasteiger partial charge in [0.05, 0.1) is 5.25 Å². The van der Waals surface area contributed by atoms with Crippen molar-refractivity contribution in [2.75, 3.05) is 19.8 Å². The Bertz CT molecular complexity index is 515. The first-order chi connectivity index (χ1) is 10.4. The Kier molecular flexibility index (Phi) is 6.92. The van der Waals surface area contributed by atoms with E-state index in [0.29, 0.717) is 0 Å². The number of imide groups is 1. The summed E-state index contributed by atoms with van der Waals surface area (Å²) >= 11 is 1.32. The molecule has 0 aromatic heterocycles. The van der Waals surface area contributed by atoms with Crippen molar-refractivity contribution in [3.8, 4) is 12.3 Å². The SMILES string of the molecule is C#CC[C@H](NC(=O)CCN1C(=O)CC(SC)C1=O)C(=O)NC. The van der Waals surface area contributed by atoms with Crippen molar-refractivity contribution in [1.29, 1.82) is 0 Å². The quantitative estimate of drug-likeness (QED) is 0.468. The molecule has 1 unspecified atom stereocenters. The number of nitrogens with one attached hydrogen (secondary N) is 2. The van der Waals surface area contributed by atoms with Crippen molar-refractivity contribution in [2.45, 2.75) is 30.6 Å². The van der Waals surface area contributed by atoms with E-state index >= 15 is 0 Å². The number of carbonyl (C=O) groups excluding carboxylic acids is 4. The van der Waals surface area contributed by atoms with Gasteiger partial charge >= 0.3 is 0 Å². The maximum atomic E-state index is 11.9. The lowest BCUT2D eigenvalue weighted by Gasteiger charge is -2.17. The molecular weight excluding hydrogens is 306 g/mol. The molecule has 0 spiro atoms. The fourth-order valence-electron chi connectivity index (χ4n) is 2.05. The van der Waals surface area contributed by atoms with E-state index in [1.807, 2.05) is 0 Å². The number of thioether (sulfide) groups is 1. The Balaban J connectivity index is 2.52. The van der Waals surface area contributed by atoms with Crippen molar-refractivity contribution in [1.82, 2.24) is 15.5 Å². The molecule has 0 radical (unpaired) electrons. The van der Waals surface area contributed by atoms with E-state index < -0.39 is 11.9 Å². The molecule has 0 bridgehead atoms. The average molecular weight is 325 g/mol. The van der Waals surface area contributed by atoms with Gasteiger partial charge in [-0.3, -0.25) is 24.1 Å². The molecule has 8 heteroatoms. The molecule has 1 rings (SSSR count). The van der Waals surface area contributed by atoms with Gasteiger partial charge in [0.1, 0.15) is 6.04 Å². The van der Waals surface area contributed by atoms with Gasteiger partial charge in [0.15, 0.2) is 0 Å². The maximum Gasteiger partial charge on any atom is 0.243 e. The second-order valence-corrected chi connectivity index (χ2v) is 5.75. The van der Waals surface area contributed by atoms with E-state index in [4.69, 9.17) is 6.42 Å². The highest BCUT2D eigenvalue weighted by Gasteiger charge is 2.37. The van der Waals surface area contributed by atoms with Gasteiger partial charge in [0, 0.05) is 32.9 Å². The molecule has 120 valence electrons. The molecule has 0 aliphatic carbocycles. The lowest BCUT2D eigenvalue weighted by Crippen LogP contribution is -2.46. The first-order valence-corrected chi connectivity index (χ1v) is 8.04. The molecule has 1 aliphatic rings. The molecule has 1 aliphatic heterocycles. The summed E-state index contributed by atoms with van der Waals surface area (Å²) in [4.78, 5) is 48.1. The fourth-order valence-corrected chi connectivity index (χ4v) is 2.69. The first-order valence-electron chi connectivity index (χ1n) is 6.76. The van der Waals surface area contributed by atoms with Crippen LogP contribution in [0.1, 0.15) is 19.3 Å². The molecule has 2 atom stereocenters. The molecule has 1 fully saturated rings. The van der Waals surface area contributed by atoms with Gasteiger partial charge in [-0.05, 0) is 6.26 Å². The molecule has 22 heavy (non-hydrogen) atoms. The highest BCUT2D eigenvalue weighted by Crippen LogP contribution is 2.22. The number of nitrogens with zero attached hydrogens (tertiary/aromatic N) is 1. The Morgan fingerprint density at radius 3 is 2.68 bits per heavy atom. The zero-order chi connectivity index (χ0) is 16.7. The summed E-state index contributed by atoms with van der Waals surface area (Å²) in [6, 6.07) is -0.813. The minimum absolute atomic E-state index is 0.0110. The summed E-state index contributed by atoms with van der Waals surface area (Å²) in [6.45, 7) is 0.0110. The molecule has 0 aromatic rings. The van der Waals surface area contributed by atoms with Gasteiger partial charge in [-0.1, -0.05) is 0 Å². The minimum Gasteiger partial charge on any atom is -0.357 e. The summed E-state index contributed by atoms with van der Waals surface area (Å²) < 4.78 is 0. The Morgan fingerprint density at radius 2 is 2.18 bits per heavy atom. The van der Waals surface area contributed by atoms with E-state index in [-0.39, 0.29) is 48.8 Å². The van der Waals surface area contributed by atoms with E-state index in [1.165, 1.54) is 18.8 Å². The van der Waals surface area contributed by atoms with Gasteiger partial charge in [-0.2, -0.15) is 11.8 Å². The third-order valence-corrected chi connectivity index (χ3v) is 4.21. The van der Waals surface area contributed by atoms with Crippen LogP contribution in [0.25, 0.3) is 0 Å². The first kappa shape index (κ1) is 18.0. The van der Waals surface area contributed by atoms with E-state index in [0.717, 1.165) is 4.90 Å². The van der Waals surface area contributed by atoms with Gasteiger partial charge in [0.25, 0.3) is 0 Å². The van der Waals surface area contributed by atoms with Crippen molar-refractivity contribution >= 4 is 35.4 Å². The second-order valence-electron chi connectivity index (χ2n) is 4.70.